The first-order chi connectivity index (χ1) is 11.6. The van der Waals surface area contributed by atoms with Crippen LogP contribution in [-0.4, -0.2) is 58.8 Å². The zero-order chi connectivity index (χ0) is 17.5. The molecule has 6 nitrogen and oxygen atoms in total. The van der Waals surface area contributed by atoms with Crippen LogP contribution >= 0.6 is 12.4 Å². The van der Waals surface area contributed by atoms with E-state index in [0.717, 1.165) is 32.5 Å². The van der Waals surface area contributed by atoms with Gasteiger partial charge < -0.3 is 24.4 Å². The van der Waals surface area contributed by atoms with Gasteiger partial charge in [-0.15, -0.1) is 12.4 Å². The minimum atomic E-state index is 0. The highest BCUT2D eigenvalue weighted by molar-refractivity contribution is 5.95. The summed E-state index contributed by atoms with van der Waals surface area (Å²) in [5.74, 6) is 2.22. The number of halogens is 1. The zero-order valence-electron chi connectivity index (χ0n) is 15.5. The van der Waals surface area contributed by atoms with Gasteiger partial charge in [-0.3, -0.25) is 4.79 Å². The quantitative estimate of drug-likeness (QED) is 0.797. The molecule has 25 heavy (non-hydrogen) atoms. The van der Waals surface area contributed by atoms with Crippen molar-refractivity contribution in [1.82, 2.24) is 10.2 Å². The second kappa shape index (κ2) is 10.4. The lowest BCUT2D eigenvalue weighted by atomic mass is 9.93. The van der Waals surface area contributed by atoms with E-state index in [1.54, 1.807) is 33.5 Å². The number of amides is 1. The smallest absolute Gasteiger partial charge is 0.254 e. The summed E-state index contributed by atoms with van der Waals surface area (Å²) in [6.45, 7) is 2.62. The molecular formula is C18H29ClN2O4. The highest BCUT2D eigenvalue weighted by Crippen LogP contribution is 2.38. The predicted octanol–water partition coefficient (Wildman–Crippen LogP) is 2.60. The molecule has 1 heterocycles. The zero-order valence-corrected chi connectivity index (χ0v) is 16.3. The van der Waals surface area contributed by atoms with Crippen LogP contribution in [0, 0.1) is 5.92 Å². The van der Waals surface area contributed by atoms with Gasteiger partial charge in [0.25, 0.3) is 5.91 Å². The molecule has 1 N–H and O–H groups in total. The fourth-order valence-corrected chi connectivity index (χ4v) is 3.16. The largest absolute Gasteiger partial charge is 0.493 e. The fraction of sp³-hybridized carbons (Fsp3) is 0.611. The van der Waals surface area contributed by atoms with Crippen LogP contribution in [0.25, 0.3) is 0 Å². The summed E-state index contributed by atoms with van der Waals surface area (Å²) in [4.78, 5) is 14.7. The molecule has 142 valence electrons. The van der Waals surface area contributed by atoms with Crippen molar-refractivity contribution in [2.24, 2.45) is 5.92 Å². The molecule has 1 aliphatic heterocycles. The van der Waals surface area contributed by atoms with Gasteiger partial charge in [0.15, 0.2) is 11.5 Å². The van der Waals surface area contributed by atoms with E-state index in [9.17, 15) is 4.79 Å². The summed E-state index contributed by atoms with van der Waals surface area (Å²) in [5, 5.41) is 3.19. The number of ether oxygens (including phenoxy) is 3. The van der Waals surface area contributed by atoms with E-state index in [1.807, 2.05) is 11.9 Å². The monoisotopic (exact) mass is 372 g/mol. The first-order valence-electron chi connectivity index (χ1n) is 8.38. The second-order valence-corrected chi connectivity index (χ2v) is 6.04. The van der Waals surface area contributed by atoms with Gasteiger partial charge in [0, 0.05) is 18.7 Å². The predicted molar refractivity (Wildman–Crippen MR) is 101 cm³/mol. The second-order valence-electron chi connectivity index (χ2n) is 6.04. The first-order valence-corrected chi connectivity index (χ1v) is 8.38. The number of hydrogen-bond acceptors (Lipinski definition) is 5. The lowest BCUT2D eigenvalue weighted by molar-refractivity contribution is 0.0686. The van der Waals surface area contributed by atoms with Gasteiger partial charge in [-0.25, -0.2) is 0 Å². The van der Waals surface area contributed by atoms with E-state index in [4.69, 9.17) is 14.2 Å². The van der Waals surface area contributed by atoms with E-state index in [-0.39, 0.29) is 18.3 Å². The molecule has 1 fully saturated rings. The summed E-state index contributed by atoms with van der Waals surface area (Å²) >= 11 is 0. The van der Waals surface area contributed by atoms with Gasteiger partial charge in [0.1, 0.15) is 0 Å². The molecule has 0 saturated carbocycles. The molecular weight excluding hydrogens is 344 g/mol. The number of piperidine rings is 1. The van der Waals surface area contributed by atoms with Crippen molar-refractivity contribution in [2.45, 2.75) is 19.3 Å². The number of carbonyl (C=O) groups excluding carboxylic acids is 1. The molecule has 0 spiro atoms. The van der Waals surface area contributed by atoms with Gasteiger partial charge in [0.05, 0.1) is 21.3 Å². The van der Waals surface area contributed by atoms with Crippen LogP contribution in [0.4, 0.5) is 0 Å². The lowest BCUT2D eigenvalue weighted by Gasteiger charge is -2.32. The third-order valence-electron chi connectivity index (χ3n) is 4.62. The van der Waals surface area contributed by atoms with E-state index >= 15 is 0 Å². The van der Waals surface area contributed by atoms with E-state index in [1.165, 1.54) is 6.42 Å². The lowest BCUT2D eigenvalue weighted by Crippen LogP contribution is -2.39. The minimum Gasteiger partial charge on any atom is -0.493 e. The van der Waals surface area contributed by atoms with Crippen LogP contribution in [0.1, 0.15) is 29.6 Å². The molecule has 1 saturated heterocycles. The van der Waals surface area contributed by atoms with E-state index in [0.29, 0.717) is 28.7 Å². The number of benzene rings is 1. The number of nitrogens with zero attached hydrogens (tertiary/aromatic N) is 1. The molecule has 0 aliphatic carbocycles. The van der Waals surface area contributed by atoms with Gasteiger partial charge in [-0.2, -0.15) is 0 Å². The van der Waals surface area contributed by atoms with Gasteiger partial charge in [-0.1, -0.05) is 0 Å². The number of nitrogens with one attached hydrogen (secondary N) is 1. The Labute approximate surface area is 156 Å². The molecule has 1 amide bonds. The molecule has 1 aromatic carbocycles. The molecule has 0 aromatic heterocycles. The van der Waals surface area contributed by atoms with Crippen LogP contribution in [-0.2, 0) is 0 Å². The molecule has 2 rings (SSSR count). The molecule has 0 radical (unpaired) electrons. The maximum atomic E-state index is 12.8. The highest BCUT2D eigenvalue weighted by atomic mass is 35.5. The van der Waals surface area contributed by atoms with Crippen molar-refractivity contribution in [2.75, 3.05) is 48.0 Å². The maximum Gasteiger partial charge on any atom is 0.254 e. The van der Waals surface area contributed by atoms with Crippen molar-refractivity contribution in [3.63, 3.8) is 0 Å². The molecule has 0 unspecified atom stereocenters. The standard InChI is InChI=1S/C18H28N2O4.ClH/c1-19-8-5-13-6-9-20(10-7-13)18(21)14-11-15(22-2)17(24-4)16(12-14)23-3;/h11-13,19H,5-10H2,1-4H3;1H. The third-order valence-corrected chi connectivity index (χ3v) is 4.62. The summed E-state index contributed by atoms with van der Waals surface area (Å²) in [6.07, 6.45) is 3.28. The SMILES string of the molecule is CNCCC1CCN(C(=O)c2cc(OC)c(OC)c(OC)c2)CC1.Cl. The molecule has 1 aliphatic rings. The van der Waals surface area contributed by atoms with Gasteiger partial charge in [-0.05, 0) is 50.9 Å². The highest BCUT2D eigenvalue weighted by Gasteiger charge is 2.25. The Morgan fingerprint density at radius 1 is 1.12 bits per heavy atom. The van der Waals surface area contributed by atoms with Crippen molar-refractivity contribution in [1.29, 1.82) is 0 Å². The Morgan fingerprint density at radius 3 is 2.12 bits per heavy atom. The molecule has 7 heteroatoms. The van der Waals surface area contributed by atoms with Gasteiger partial charge in [0.2, 0.25) is 5.75 Å². The Balaban J connectivity index is 0.00000312. The van der Waals surface area contributed by atoms with Crippen molar-refractivity contribution >= 4 is 18.3 Å². The number of rotatable bonds is 7. The normalized spacial score (nSPS) is 14.6. The average Bonchev–Trinajstić information content (AvgIpc) is 2.64. The number of carbonyl (C=O) groups is 1. The fourth-order valence-electron chi connectivity index (χ4n) is 3.16. The van der Waals surface area contributed by atoms with E-state index < -0.39 is 0 Å². The van der Waals surface area contributed by atoms with Crippen molar-refractivity contribution < 1.29 is 19.0 Å². The van der Waals surface area contributed by atoms with Crippen LogP contribution < -0.4 is 19.5 Å². The van der Waals surface area contributed by atoms with Crippen molar-refractivity contribution in [3.8, 4) is 17.2 Å². The Morgan fingerprint density at radius 2 is 1.68 bits per heavy atom. The molecule has 0 bridgehead atoms. The number of hydrogen-bond donors (Lipinski definition) is 1. The van der Waals surface area contributed by atoms with Crippen LogP contribution in [0.2, 0.25) is 0 Å². The number of likely N-dealkylation sites (tertiary alicyclic amines) is 1. The van der Waals surface area contributed by atoms with Crippen LogP contribution in [0.15, 0.2) is 12.1 Å². The number of methoxy groups -OCH3 is 3. The minimum absolute atomic E-state index is 0. The Kier molecular flexibility index (Phi) is 8.86. The van der Waals surface area contributed by atoms with Crippen LogP contribution in [0.5, 0.6) is 17.2 Å². The summed E-state index contributed by atoms with van der Waals surface area (Å²) in [5.41, 5.74) is 0.568. The summed E-state index contributed by atoms with van der Waals surface area (Å²) in [6, 6.07) is 3.44. The Bertz CT molecular complexity index is 535. The first kappa shape index (κ1) is 21.4. The molecule has 0 atom stereocenters. The topological polar surface area (TPSA) is 60.0 Å². The summed E-state index contributed by atoms with van der Waals surface area (Å²) < 4.78 is 16.0. The summed E-state index contributed by atoms with van der Waals surface area (Å²) in [7, 11) is 6.64. The maximum absolute atomic E-state index is 12.8. The van der Waals surface area contributed by atoms with Crippen LogP contribution in [0.3, 0.4) is 0 Å². The van der Waals surface area contributed by atoms with E-state index in [2.05, 4.69) is 5.32 Å². The Hall–Kier alpha value is -1.66. The third kappa shape index (κ3) is 5.16. The molecule has 1 aromatic rings. The average molecular weight is 373 g/mol. The van der Waals surface area contributed by atoms with Crippen molar-refractivity contribution in [3.05, 3.63) is 17.7 Å². The van der Waals surface area contributed by atoms with Gasteiger partial charge >= 0.3 is 0 Å².